The summed E-state index contributed by atoms with van der Waals surface area (Å²) in [5.74, 6) is 0.766. The molecular weight excluding hydrogens is 636 g/mol. The highest BCUT2D eigenvalue weighted by Gasteiger charge is 2.41. The van der Waals surface area contributed by atoms with Crippen LogP contribution in [0.2, 0.25) is 5.15 Å². The Bertz CT molecular complexity index is 1010. The van der Waals surface area contributed by atoms with Crippen LogP contribution >= 0.6 is 34.2 Å². The number of pyridine rings is 1. The van der Waals surface area contributed by atoms with Gasteiger partial charge in [-0.15, -0.1) is 0 Å². The molecule has 2 unspecified atom stereocenters. The minimum atomic E-state index is -4.88. The van der Waals surface area contributed by atoms with Crippen molar-refractivity contribution in [2.24, 2.45) is 4.40 Å². The van der Waals surface area contributed by atoms with Crippen LogP contribution in [0, 0.1) is 3.57 Å². The number of nitrogens with zero attached hydrogens (tertiary/aromatic N) is 2. The lowest BCUT2D eigenvalue weighted by atomic mass is 10.2. The van der Waals surface area contributed by atoms with Crippen molar-refractivity contribution in [1.29, 1.82) is 0 Å². The van der Waals surface area contributed by atoms with E-state index >= 15 is 0 Å². The SMILES string of the molecule is COc1ccc(COCC/C(COc2c(I)cc(C(O)C(F)(F)F)nc2Cl)=N\[S+]([O-])C(C)(C)C)cc1. The molecule has 0 saturated carbocycles. The Morgan fingerprint density at radius 2 is 1.89 bits per heavy atom. The summed E-state index contributed by atoms with van der Waals surface area (Å²) in [4.78, 5) is 3.63. The van der Waals surface area contributed by atoms with Crippen LogP contribution in [-0.2, 0) is 22.7 Å². The van der Waals surface area contributed by atoms with Crippen molar-refractivity contribution in [1.82, 2.24) is 4.98 Å². The number of halogens is 5. The number of aliphatic hydroxyl groups excluding tert-OH is 1. The van der Waals surface area contributed by atoms with E-state index in [9.17, 15) is 22.8 Å². The average Bonchev–Trinajstić information content (AvgIpc) is 2.79. The maximum absolute atomic E-state index is 12.8. The molecule has 2 rings (SSSR count). The van der Waals surface area contributed by atoms with Gasteiger partial charge in [0.05, 0.1) is 29.6 Å². The van der Waals surface area contributed by atoms with Crippen LogP contribution in [0.1, 0.15) is 44.6 Å². The summed E-state index contributed by atoms with van der Waals surface area (Å²) in [7, 11) is 1.58. The first-order valence-electron chi connectivity index (χ1n) is 10.6. The van der Waals surface area contributed by atoms with Crippen LogP contribution in [0.15, 0.2) is 34.7 Å². The molecule has 0 aliphatic heterocycles. The van der Waals surface area contributed by atoms with Crippen molar-refractivity contribution >= 4 is 51.3 Å². The molecule has 7 nitrogen and oxygen atoms in total. The number of ether oxygens (including phenoxy) is 3. The van der Waals surface area contributed by atoms with Crippen molar-refractivity contribution in [2.75, 3.05) is 20.3 Å². The van der Waals surface area contributed by atoms with Crippen molar-refractivity contribution in [3.63, 3.8) is 0 Å². The topological polar surface area (TPSA) is 96.2 Å². The fraction of sp³-hybridized carbons (Fsp3) is 0.478. The maximum atomic E-state index is 12.8. The number of hydrogen-bond acceptors (Lipinski definition) is 7. The Labute approximate surface area is 229 Å². The molecule has 1 aromatic carbocycles. The summed E-state index contributed by atoms with van der Waals surface area (Å²) in [5.41, 5.74) is 0.723. The van der Waals surface area contributed by atoms with Crippen molar-refractivity contribution in [2.45, 2.75) is 50.8 Å². The summed E-state index contributed by atoms with van der Waals surface area (Å²) in [5, 5.41) is 9.12. The first-order valence-corrected chi connectivity index (χ1v) is 13.2. The van der Waals surface area contributed by atoms with E-state index in [4.69, 9.17) is 25.8 Å². The van der Waals surface area contributed by atoms with Crippen LogP contribution in [0.4, 0.5) is 13.2 Å². The normalized spacial score (nSPS) is 14.5. The number of benzene rings is 1. The van der Waals surface area contributed by atoms with Gasteiger partial charge in [0, 0.05) is 6.42 Å². The molecule has 1 N–H and O–H groups in total. The largest absolute Gasteiger partial charge is 0.591 e. The number of methoxy groups -OCH3 is 1. The minimum Gasteiger partial charge on any atom is -0.591 e. The van der Waals surface area contributed by atoms with Gasteiger partial charge in [0.2, 0.25) is 0 Å². The fourth-order valence-electron chi connectivity index (χ4n) is 2.58. The summed E-state index contributed by atoms with van der Waals surface area (Å²) in [6.07, 6.45) is -7.36. The van der Waals surface area contributed by atoms with Gasteiger partial charge in [-0.1, -0.05) is 28.1 Å². The molecule has 0 spiro atoms. The first kappa shape index (κ1) is 30.9. The molecule has 200 valence electrons. The molecule has 2 atom stereocenters. The Morgan fingerprint density at radius 3 is 2.42 bits per heavy atom. The summed E-state index contributed by atoms with van der Waals surface area (Å²) in [6.45, 7) is 5.80. The number of rotatable bonds is 11. The predicted molar refractivity (Wildman–Crippen MR) is 141 cm³/mol. The zero-order chi connectivity index (χ0) is 27.1. The van der Waals surface area contributed by atoms with Gasteiger partial charge in [-0.05, 0) is 67.1 Å². The van der Waals surface area contributed by atoms with Crippen molar-refractivity contribution < 1.29 is 37.0 Å². The van der Waals surface area contributed by atoms with Crippen LogP contribution in [-0.4, -0.2) is 51.6 Å². The van der Waals surface area contributed by atoms with Crippen LogP contribution in [0.25, 0.3) is 0 Å². The van der Waals surface area contributed by atoms with E-state index in [1.807, 2.05) is 24.3 Å². The molecular formula is C23H27ClF3IN2O5S. The predicted octanol–water partition coefficient (Wildman–Crippen LogP) is 5.83. The third-order valence-corrected chi connectivity index (χ3v) is 7.11. The molecule has 36 heavy (non-hydrogen) atoms. The molecule has 0 bridgehead atoms. The van der Waals surface area contributed by atoms with E-state index in [0.717, 1.165) is 17.4 Å². The Kier molecular flexibility index (Phi) is 11.6. The Hall–Kier alpha value is -1.32. The molecule has 2 aromatic rings. The molecule has 0 amide bonds. The minimum absolute atomic E-state index is 0.0313. The van der Waals surface area contributed by atoms with Crippen LogP contribution in [0.3, 0.4) is 0 Å². The van der Waals surface area contributed by atoms with E-state index in [1.165, 1.54) is 0 Å². The highest BCUT2D eigenvalue weighted by molar-refractivity contribution is 14.1. The Morgan fingerprint density at radius 1 is 1.25 bits per heavy atom. The second-order valence-electron chi connectivity index (χ2n) is 8.55. The zero-order valence-electron chi connectivity index (χ0n) is 20.1. The lowest BCUT2D eigenvalue weighted by molar-refractivity contribution is -0.208. The standard InChI is InChI=1S/C23H27ClF3IN2O5S/c1-22(2,3)36(32)30-15(9-10-34-12-14-5-7-16(33-4)8-6-14)13-35-19-17(28)11-18(29-21(19)24)20(31)23(25,26)27/h5-8,11,20,31H,9-10,12-13H2,1-4H3/b30-15+. The molecule has 0 aliphatic rings. The highest BCUT2D eigenvalue weighted by Crippen LogP contribution is 2.36. The molecule has 1 aromatic heterocycles. The monoisotopic (exact) mass is 662 g/mol. The fourth-order valence-corrected chi connectivity index (χ4v) is 4.38. The molecule has 1 heterocycles. The number of aromatic nitrogens is 1. The van der Waals surface area contributed by atoms with Crippen molar-refractivity contribution in [3.8, 4) is 11.5 Å². The van der Waals surface area contributed by atoms with Gasteiger partial charge >= 0.3 is 6.18 Å². The van der Waals surface area contributed by atoms with Crippen LogP contribution in [0.5, 0.6) is 11.5 Å². The first-order chi connectivity index (χ1) is 16.7. The Balaban J connectivity index is 2.09. The van der Waals surface area contributed by atoms with E-state index < -0.39 is 34.1 Å². The average molecular weight is 663 g/mol. The van der Waals surface area contributed by atoms with E-state index in [-0.39, 0.29) is 27.7 Å². The number of alkyl halides is 3. The molecule has 13 heteroatoms. The zero-order valence-corrected chi connectivity index (χ0v) is 23.8. The van der Waals surface area contributed by atoms with E-state index in [0.29, 0.717) is 18.7 Å². The van der Waals surface area contributed by atoms with Gasteiger partial charge in [-0.3, -0.25) is 0 Å². The van der Waals surface area contributed by atoms with Gasteiger partial charge in [-0.25, -0.2) is 4.98 Å². The number of aliphatic hydroxyl groups is 1. The van der Waals surface area contributed by atoms with Gasteiger partial charge in [0.15, 0.2) is 17.0 Å². The summed E-state index contributed by atoms with van der Waals surface area (Å²) in [6, 6.07) is 8.44. The maximum Gasteiger partial charge on any atom is 0.420 e. The van der Waals surface area contributed by atoms with Gasteiger partial charge < -0.3 is 23.9 Å². The summed E-state index contributed by atoms with van der Waals surface area (Å²) < 4.78 is 71.5. The molecule has 0 saturated heterocycles. The second kappa shape index (κ2) is 13.5. The highest BCUT2D eigenvalue weighted by atomic mass is 127. The third kappa shape index (κ3) is 9.53. The quantitative estimate of drug-likeness (QED) is 0.107. The van der Waals surface area contributed by atoms with Gasteiger partial charge in [-0.2, -0.15) is 13.2 Å². The third-order valence-electron chi connectivity index (χ3n) is 4.58. The van der Waals surface area contributed by atoms with E-state index in [2.05, 4.69) is 9.38 Å². The molecule has 0 fully saturated rings. The molecule has 0 radical (unpaired) electrons. The van der Waals surface area contributed by atoms with Gasteiger partial charge in [0.1, 0.15) is 34.2 Å². The summed E-state index contributed by atoms with van der Waals surface area (Å²) >= 11 is 6.23. The smallest absolute Gasteiger partial charge is 0.420 e. The van der Waals surface area contributed by atoms with Gasteiger partial charge in [0.25, 0.3) is 0 Å². The van der Waals surface area contributed by atoms with E-state index in [1.54, 1.807) is 50.5 Å². The molecule has 0 aliphatic carbocycles. The lowest BCUT2D eigenvalue weighted by Gasteiger charge is -2.20. The lowest BCUT2D eigenvalue weighted by Crippen LogP contribution is -2.28. The van der Waals surface area contributed by atoms with Crippen LogP contribution < -0.4 is 9.47 Å². The van der Waals surface area contributed by atoms with Crippen molar-refractivity contribution in [3.05, 3.63) is 50.3 Å². The number of hydrogen-bond donors (Lipinski definition) is 1. The second-order valence-corrected chi connectivity index (χ2v) is 12.0.